The largest absolute Gasteiger partial charge is 0.265 e. The van der Waals surface area contributed by atoms with Gasteiger partial charge in [-0.3, -0.25) is 34.9 Å². The SMILES string of the molecule is Cc1ccnc(-c2cc(C=Cc3ccncc3)ccn2)c1.[Fe].c1ccc(-c2ccccn2)nc1.c1ccc(-c2ccccn2)nc1. The predicted molar refractivity (Wildman–Crippen MR) is 180 cm³/mol. The molecule has 7 aromatic heterocycles. The number of aryl methyl sites for hydroxylation is 1. The minimum atomic E-state index is 0. The van der Waals surface area contributed by atoms with Crippen molar-refractivity contribution in [2.75, 3.05) is 0 Å². The number of pyridine rings is 7. The van der Waals surface area contributed by atoms with E-state index in [9.17, 15) is 0 Å². The molecule has 7 rings (SSSR count). The molecule has 8 heteroatoms. The first-order valence-electron chi connectivity index (χ1n) is 14.4. The van der Waals surface area contributed by atoms with Crippen molar-refractivity contribution in [3.8, 4) is 34.2 Å². The summed E-state index contributed by atoms with van der Waals surface area (Å²) in [7, 11) is 0. The van der Waals surface area contributed by atoms with Gasteiger partial charge in [0.15, 0.2) is 0 Å². The number of hydrogen-bond donors (Lipinski definition) is 0. The molecule has 7 aromatic rings. The van der Waals surface area contributed by atoms with Gasteiger partial charge in [0.2, 0.25) is 0 Å². The van der Waals surface area contributed by atoms with E-state index in [0.717, 1.165) is 45.3 Å². The summed E-state index contributed by atoms with van der Waals surface area (Å²) in [5.41, 5.74) is 8.84. The third-order valence-electron chi connectivity index (χ3n) is 6.32. The average molecular weight is 642 g/mol. The first-order chi connectivity index (χ1) is 22.2. The van der Waals surface area contributed by atoms with Crippen LogP contribution in [0.1, 0.15) is 16.7 Å². The molecule has 0 aliphatic rings. The van der Waals surface area contributed by atoms with Crippen molar-refractivity contribution in [1.29, 1.82) is 0 Å². The van der Waals surface area contributed by atoms with Gasteiger partial charge in [-0.05, 0) is 109 Å². The summed E-state index contributed by atoms with van der Waals surface area (Å²) in [5, 5.41) is 0. The van der Waals surface area contributed by atoms with Crippen LogP contribution < -0.4 is 0 Å². The molecule has 0 saturated carbocycles. The first kappa shape index (κ1) is 33.2. The molecule has 0 aromatic carbocycles. The van der Waals surface area contributed by atoms with Crippen molar-refractivity contribution < 1.29 is 17.1 Å². The van der Waals surface area contributed by atoms with Gasteiger partial charge in [0.05, 0.1) is 34.2 Å². The summed E-state index contributed by atoms with van der Waals surface area (Å²) in [6.45, 7) is 2.05. The first-order valence-corrected chi connectivity index (χ1v) is 14.4. The molecule has 7 heterocycles. The molecule has 0 amide bonds. The van der Waals surface area contributed by atoms with Gasteiger partial charge >= 0.3 is 0 Å². The third kappa shape index (κ3) is 10.5. The minimum Gasteiger partial charge on any atom is -0.265 e. The minimum absolute atomic E-state index is 0. The summed E-state index contributed by atoms with van der Waals surface area (Å²) < 4.78 is 0. The van der Waals surface area contributed by atoms with Crippen LogP contribution in [-0.2, 0) is 17.1 Å². The Morgan fingerprint density at radius 1 is 0.370 bits per heavy atom. The van der Waals surface area contributed by atoms with Gasteiger partial charge < -0.3 is 0 Å². The van der Waals surface area contributed by atoms with Crippen molar-refractivity contribution in [1.82, 2.24) is 34.9 Å². The Morgan fingerprint density at radius 2 is 0.761 bits per heavy atom. The van der Waals surface area contributed by atoms with E-state index in [4.69, 9.17) is 0 Å². The molecule has 46 heavy (non-hydrogen) atoms. The zero-order chi connectivity index (χ0) is 30.9. The van der Waals surface area contributed by atoms with Gasteiger partial charge in [0.1, 0.15) is 0 Å². The molecule has 226 valence electrons. The maximum absolute atomic E-state index is 4.40. The van der Waals surface area contributed by atoms with E-state index in [0.29, 0.717) is 0 Å². The molecular weight excluding hydrogens is 610 g/mol. The Balaban J connectivity index is 0.000000165. The van der Waals surface area contributed by atoms with Crippen molar-refractivity contribution in [3.63, 3.8) is 0 Å². The molecule has 0 spiro atoms. The fourth-order valence-electron chi connectivity index (χ4n) is 4.09. The summed E-state index contributed by atoms with van der Waals surface area (Å²) >= 11 is 0. The molecule has 0 saturated heterocycles. The predicted octanol–water partition coefficient (Wildman–Crippen LogP) is 8.30. The van der Waals surface area contributed by atoms with E-state index in [-0.39, 0.29) is 17.1 Å². The number of nitrogens with zero attached hydrogens (tertiary/aromatic N) is 7. The number of hydrogen-bond acceptors (Lipinski definition) is 7. The van der Waals surface area contributed by atoms with Crippen molar-refractivity contribution in [3.05, 3.63) is 175 Å². The van der Waals surface area contributed by atoms with Gasteiger partial charge in [-0.25, -0.2) is 0 Å². The average Bonchev–Trinajstić information content (AvgIpc) is 3.13. The van der Waals surface area contributed by atoms with Crippen LogP contribution in [-0.4, -0.2) is 34.9 Å². The maximum Gasteiger partial charge on any atom is 0.0892 e. The molecular formula is C38H31FeN7. The Kier molecular flexibility index (Phi) is 13.1. The standard InChI is InChI=1S/C18H15N3.2C10H8N2.Fe/c1-14-4-10-20-17(12-14)18-13-16(7-11-21-18)3-2-15-5-8-19-9-6-15;2*1-3-7-11-9(5-1)10-6-2-4-8-12-10;/h2-13H,1H3;2*1-8H;. The van der Waals surface area contributed by atoms with Crippen LogP contribution >= 0.6 is 0 Å². The van der Waals surface area contributed by atoms with Gasteiger partial charge in [-0.1, -0.05) is 36.4 Å². The van der Waals surface area contributed by atoms with Crippen molar-refractivity contribution in [2.24, 2.45) is 0 Å². The van der Waals surface area contributed by atoms with E-state index >= 15 is 0 Å². The Morgan fingerprint density at radius 3 is 1.20 bits per heavy atom. The zero-order valence-corrected chi connectivity index (χ0v) is 26.3. The van der Waals surface area contributed by atoms with Gasteiger partial charge in [0, 0.05) is 66.6 Å². The Hall–Kier alpha value is -5.69. The molecule has 0 radical (unpaired) electrons. The zero-order valence-electron chi connectivity index (χ0n) is 25.1. The molecule has 0 unspecified atom stereocenters. The summed E-state index contributed by atoms with van der Waals surface area (Å²) in [6, 6.07) is 35.2. The van der Waals surface area contributed by atoms with Crippen LogP contribution in [0.15, 0.2) is 159 Å². The van der Waals surface area contributed by atoms with Crippen LogP contribution in [0.4, 0.5) is 0 Å². The molecule has 7 nitrogen and oxygen atoms in total. The second kappa shape index (κ2) is 18.2. The molecule has 0 fully saturated rings. The summed E-state index contributed by atoms with van der Waals surface area (Å²) in [5.74, 6) is 0. The second-order valence-electron chi connectivity index (χ2n) is 9.67. The van der Waals surface area contributed by atoms with Crippen LogP contribution in [0.5, 0.6) is 0 Å². The second-order valence-corrected chi connectivity index (χ2v) is 9.67. The number of rotatable bonds is 5. The van der Waals surface area contributed by atoms with E-state index in [2.05, 4.69) is 54.0 Å². The topological polar surface area (TPSA) is 90.2 Å². The van der Waals surface area contributed by atoms with E-state index in [1.54, 1.807) is 37.2 Å². The molecule has 0 N–H and O–H groups in total. The Bertz CT molecular complexity index is 1740. The van der Waals surface area contributed by atoms with E-state index < -0.39 is 0 Å². The van der Waals surface area contributed by atoms with Crippen LogP contribution in [0.3, 0.4) is 0 Å². The summed E-state index contributed by atoms with van der Waals surface area (Å²) in [4.78, 5) is 29.5. The van der Waals surface area contributed by atoms with E-state index in [1.807, 2.05) is 122 Å². The fraction of sp³-hybridized carbons (Fsp3) is 0.0263. The molecule has 0 atom stereocenters. The Labute approximate surface area is 279 Å². The third-order valence-corrected chi connectivity index (χ3v) is 6.32. The smallest absolute Gasteiger partial charge is 0.0892 e. The summed E-state index contributed by atoms with van der Waals surface area (Å²) in [6.07, 6.45) is 18.4. The van der Waals surface area contributed by atoms with Crippen LogP contribution in [0.2, 0.25) is 0 Å². The van der Waals surface area contributed by atoms with Gasteiger partial charge in [-0.2, -0.15) is 0 Å². The quantitative estimate of drug-likeness (QED) is 0.175. The molecule has 0 aliphatic carbocycles. The van der Waals surface area contributed by atoms with Crippen LogP contribution in [0, 0.1) is 6.92 Å². The normalized spacial score (nSPS) is 10.0. The van der Waals surface area contributed by atoms with E-state index in [1.165, 1.54) is 5.56 Å². The van der Waals surface area contributed by atoms with Crippen molar-refractivity contribution >= 4 is 12.2 Å². The van der Waals surface area contributed by atoms with Crippen LogP contribution in [0.25, 0.3) is 46.3 Å². The number of aromatic nitrogens is 7. The van der Waals surface area contributed by atoms with Crippen molar-refractivity contribution in [2.45, 2.75) is 6.92 Å². The fourth-order valence-corrected chi connectivity index (χ4v) is 4.09. The maximum atomic E-state index is 4.40. The van der Waals surface area contributed by atoms with Gasteiger partial charge in [-0.15, -0.1) is 0 Å². The monoisotopic (exact) mass is 641 g/mol. The molecule has 0 bridgehead atoms. The van der Waals surface area contributed by atoms with Gasteiger partial charge in [0.25, 0.3) is 0 Å². The molecule has 0 aliphatic heterocycles.